The first-order valence-corrected chi connectivity index (χ1v) is 7.44. The van der Waals surface area contributed by atoms with Gasteiger partial charge in [-0.2, -0.15) is 0 Å². The highest BCUT2D eigenvalue weighted by Crippen LogP contribution is 2.23. The average molecular weight is 284 g/mol. The van der Waals surface area contributed by atoms with Gasteiger partial charge in [-0.3, -0.25) is 4.79 Å². The number of carboxylic acids is 1. The van der Waals surface area contributed by atoms with Gasteiger partial charge < -0.3 is 15.3 Å². The molecule has 5 heteroatoms. The molecule has 1 aliphatic heterocycles. The summed E-state index contributed by atoms with van der Waals surface area (Å²) in [5.74, 6) is -0.346. The van der Waals surface area contributed by atoms with E-state index in [4.69, 9.17) is 5.11 Å². The van der Waals surface area contributed by atoms with Gasteiger partial charge in [-0.25, -0.2) is 4.79 Å². The highest BCUT2D eigenvalue weighted by atomic mass is 16.4. The molecule has 1 rings (SSSR count). The topological polar surface area (TPSA) is 69.6 Å². The van der Waals surface area contributed by atoms with E-state index >= 15 is 0 Å². The van der Waals surface area contributed by atoms with Crippen molar-refractivity contribution in [1.82, 2.24) is 10.2 Å². The average Bonchev–Trinajstić information content (AvgIpc) is 2.25. The predicted molar refractivity (Wildman–Crippen MR) is 78.6 cm³/mol. The number of carbonyl (C=O) groups excluding carboxylic acids is 1. The number of aliphatic carboxylic acids is 1. The molecule has 1 fully saturated rings. The third kappa shape index (κ3) is 6.26. The highest BCUT2D eigenvalue weighted by Gasteiger charge is 2.26. The number of amides is 2. The Hall–Kier alpha value is -1.26. The molecule has 1 aliphatic rings. The molecule has 2 unspecified atom stereocenters. The van der Waals surface area contributed by atoms with Crippen LogP contribution in [0.2, 0.25) is 0 Å². The van der Waals surface area contributed by atoms with Crippen LogP contribution in [0.15, 0.2) is 0 Å². The summed E-state index contributed by atoms with van der Waals surface area (Å²) < 4.78 is 0. The predicted octanol–water partition coefficient (Wildman–Crippen LogP) is 2.71. The lowest BCUT2D eigenvalue weighted by molar-refractivity contribution is -0.137. The molecular weight excluding hydrogens is 256 g/mol. The number of likely N-dealkylation sites (tertiary alicyclic amines) is 1. The van der Waals surface area contributed by atoms with Crippen molar-refractivity contribution in [3.05, 3.63) is 0 Å². The summed E-state index contributed by atoms with van der Waals surface area (Å²) in [7, 11) is 0. The Morgan fingerprint density at radius 1 is 1.40 bits per heavy atom. The fourth-order valence-corrected chi connectivity index (χ4v) is 2.76. The molecule has 0 spiro atoms. The minimum Gasteiger partial charge on any atom is -0.481 e. The number of hydrogen-bond donors (Lipinski definition) is 2. The third-order valence-electron chi connectivity index (χ3n) is 3.55. The summed E-state index contributed by atoms with van der Waals surface area (Å²) in [5.41, 5.74) is -0.0113. The van der Waals surface area contributed by atoms with Crippen LogP contribution in [0.5, 0.6) is 0 Å². The van der Waals surface area contributed by atoms with Crippen LogP contribution in [-0.2, 0) is 4.79 Å². The van der Waals surface area contributed by atoms with Crippen LogP contribution in [0.3, 0.4) is 0 Å². The highest BCUT2D eigenvalue weighted by molar-refractivity contribution is 5.76. The van der Waals surface area contributed by atoms with E-state index in [2.05, 4.69) is 33.0 Å². The van der Waals surface area contributed by atoms with Gasteiger partial charge in [0.05, 0.1) is 6.42 Å². The maximum atomic E-state index is 12.2. The lowest BCUT2D eigenvalue weighted by Crippen LogP contribution is -2.49. The van der Waals surface area contributed by atoms with Crippen molar-refractivity contribution >= 4 is 12.0 Å². The van der Waals surface area contributed by atoms with Crippen molar-refractivity contribution in [2.45, 2.75) is 59.4 Å². The molecule has 0 bridgehead atoms. The Labute approximate surface area is 121 Å². The Kier molecular flexibility index (Phi) is 5.84. The van der Waals surface area contributed by atoms with Crippen LogP contribution < -0.4 is 5.32 Å². The number of rotatable bonds is 4. The molecule has 2 atom stereocenters. The van der Waals surface area contributed by atoms with Gasteiger partial charge in [0, 0.05) is 19.1 Å². The summed E-state index contributed by atoms with van der Waals surface area (Å²) in [5, 5.41) is 11.9. The standard InChI is InChI=1S/C15H28N2O3/c1-11-6-5-7-17(10-11)14(20)16-12(8-13(18)19)9-15(2,3)4/h11-12H,5-10H2,1-4H3,(H,16,20)(H,18,19). The van der Waals surface area contributed by atoms with E-state index in [0.717, 1.165) is 25.9 Å². The number of urea groups is 1. The van der Waals surface area contributed by atoms with E-state index in [9.17, 15) is 9.59 Å². The van der Waals surface area contributed by atoms with Crippen LogP contribution in [0.25, 0.3) is 0 Å². The fourth-order valence-electron chi connectivity index (χ4n) is 2.76. The summed E-state index contributed by atoms with van der Waals surface area (Å²) in [6, 6.07) is -0.427. The molecular formula is C15H28N2O3. The molecule has 2 amide bonds. The summed E-state index contributed by atoms with van der Waals surface area (Å²) in [6.45, 7) is 9.83. The van der Waals surface area contributed by atoms with Gasteiger partial charge in [-0.05, 0) is 30.6 Å². The Bertz CT molecular complexity index is 350. The van der Waals surface area contributed by atoms with Gasteiger partial charge >= 0.3 is 12.0 Å². The number of hydrogen-bond acceptors (Lipinski definition) is 2. The number of nitrogens with one attached hydrogen (secondary N) is 1. The zero-order valence-corrected chi connectivity index (χ0v) is 13.1. The minimum atomic E-state index is -0.869. The van der Waals surface area contributed by atoms with Crippen molar-refractivity contribution in [3.63, 3.8) is 0 Å². The second-order valence-corrected chi connectivity index (χ2v) is 7.20. The minimum absolute atomic E-state index is 0.0113. The first-order chi connectivity index (χ1) is 9.17. The number of carbonyl (C=O) groups is 2. The lowest BCUT2D eigenvalue weighted by atomic mass is 9.87. The van der Waals surface area contributed by atoms with Crippen LogP contribution in [0, 0.1) is 11.3 Å². The molecule has 2 N–H and O–H groups in total. The van der Waals surface area contributed by atoms with Crippen LogP contribution in [0.4, 0.5) is 4.79 Å². The number of nitrogens with zero attached hydrogens (tertiary/aromatic N) is 1. The Balaban J connectivity index is 2.58. The zero-order valence-electron chi connectivity index (χ0n) is 13.1. The molecule has 0 aromatic rings. The van der Waals surface area contributed by atoms with Crippen LogP contribution >= 0.6 is 0 Å². The van der Waals surface area contributed by atoms with Crippen molar-refractivity contribution in [1.29, 1.82) is 0 Å². The molecule has 0 aromatic carbocycles. The van der Waals surface area contributed by atoms with Gasteiger partial charge in [0.25, 0.3) is 0 Å². The summed E-state index contributed by atoms with van der Waals surface area (Å²) in [6.07, 6.45) is 2.82. The van der Waals surface area contributed by atoms with Gasteiger partial charge in [-0.1, -0.05) is 27.7 Å². The second kappa shape index (κ2) is 6.95. The van der Waals surface area contributed by atoms with E-state index in [-0.39, 0.29) is 23.9 Å². The number of piperidine rings is 1. The van der Waals surface area contributed by atoms with E-state index in [1.807, 2.05) is 4.90 Å². The Morgan fingerprint density at radius 3 is 2.55 bits per heavy atom. The van der Waals surface area contributed by atoms with Crippen LogP contribution in [-0.4, -0.2) is 41.1 Å². The molecule has 0 aliphatic carbocycles. The molecule has 0 aromatic heterocycles. The monoisotopic (exact) mass is 284 g/mol. The largest absolute Gasteiger partial charge is 0.481 e. The van der Waals surface area contributed by atoms with E-state index in [1.54, 1.807) is 0 Å². The SMILES string of the molecule is CC1CCCN(C(=O)NC(CC(=O)O)CC(C)(C)C)C1. The van der Waals surface area contributed by atoms with Gasteiger partial charge in [-0.15, -0.1) is 0 Å². The smallest absolute Gasteiger partial charge is 0.317 e. The normalized spacial score (nSPS) is 21.4. The number of carboxylic acid groups (broad SMARTS) is 1. The van der Waals surface area contributed by atoms with Crippen LogP contribution in [0.1, 0.15) is 53.4 Å². The van der Waals surface area contributed by atoms with Gasteiger partial charge in [0.1, 0.15) is 0 Å². The fraction of sp³-hybridized carbons (Fsp3) is 0.867. The molecule has 116 valence electrons. The van der Waals surface area contributed by atoms with E-state index < -0.39 is 5.97 Å². The maximum absolute atomic E-state index is 12.2. The van der Waals surface area contributed by atoms with Crippen molar-refractivity contribution in [2.75, 3.05) is 13.1 Å². The molecule has 0 radical (unpaired) electrons. The molecule has 20 heavy (non-hydrogen) atoms. The molecule has 0 saturated carbocycles. The molecule has 1 saturated heterocycles. The second-order valence-electron chi connectivity index (χ2n) is 7.20. The molecule has 1 heterocycles. The van der Waals surface area contributed by atoms with Gasteiger partial charge in [0.15, 0.2) is 0 Å². The molecule has 5 nitrogen and oxygen atoms in total. The Morgan fingerprint density at radius 2 is 2.05 bits per heavy atom. The first kappa shape index (κ1) is 16.8. The first-order valence-electron chi connectivity index (χ1n) is 7.44. The zero-order chi connectivity index (χ0) is 15.3. The van der Waals surface area contributed by atoms with E-state index in [1.165, 1.54) is 0 Å². The van der Waals surface area contributed by atoms with E-state index in [0.29, 0.717) is 12.3 Å². The van der Waals surface area contributed by atoms with Gasteiger partial charge in [0.2, 0.25) is 0 Å². The third-order valence-corrected chi connectivity index (χ3v) is 3.55. The van der Waals surface area contributed by atoms with Crippen molar-refractivity contribution in [2.24, 2.45) is 11.3 Å². The summed E-state index contributed by atoms with van der Waals surface area (Å²) in [4.78, 5) is 25.0. The quantitative estimate of drug-likeness (QED) is 0.834. The van der Waals surface area contributed by atoms with Crippen molar-refractivity contribution < 1.29 is 14.7 Å². The summed E-state index contributed by atoms with van der Waals surface area (Å²) >= 11 is 0. The van der Waals surface area contributed by atoms with Crippen molar-refractivity contribution in [3.8, 4) is 0 Å². The lowest BCUT2D eigenvalue weighted by Gasteiger charge is -2.33. The maximum Gasteiger partial charge on any atom is 0.317 e.